The van der Waals surface area contributed by atoms with Crippen LogP contribution in [-0.4, -0.2) is 71.8 Å². The Morgan fingerprint density at radius 2 is 1.44 bits per heavy atom. The minimum atomic E-state index is 0.118. The molecule has 186 valence electrons. The third-order valence-corrected chi connectivity index (χ3v) is 8.43. The first-order valence-electron chi connectivity index (χ1n) is 13.6. The molecule has 0 spiro atoms. The van der Waals surface area contributed by atoms with Crippen molar-refractivity contribution in [2.24, 2.45) is 5.92 Å². The van der Waals surface area contributed by atoms with E-state index in [1.54, 1.807) is 0 Å². The van der Waals surface area contributed by atoms with Gasteiger partial charge >= 0.3 is 0 Å². The molecule has 6 rings (SSSR count). The fourth-order valence-electron chi connectivity index (χ4n) is 6.48. The molecule has 3 heterocycles. The highest BCUT2D eigenvalue weighted by molar-refractivity contribution is 6.18. The molecule has 5 heteroatoms. The molecule has 5 nitrogen and oxygen atoms in total. The molecule has 3 aliphatic rings. The van der Waals surface area contributed by atoms with Gasteiger partial charge in [0.05, 0.1) is 11.5 Å². The number of benzene rings is 3. The Balaban J connectivity index is 1.15. The molecule has 1 unspecified atom stereocenters. The summed E-state index contributed by atoms with van der Waals surface area (Å²) < 4.78 is 0. The molecule has 36 heavy (non-hydrogen) atoms. The number of carbonyl (C=O) groups is 2. The van der Waals surface area contributed by atoms with Crippen LogP contribution in [0.5, 0.6) is 0 Å². The van der Waals surface area contributed by atoms with Crippen LogP contribution in [0.15, 0.2) is 66.7 Å². The summed E-state index contributed by atoms with van der Waals surface area (Å²) in [5.74, 6) is 0.595. The monoisotopic (exact) mass is 481 g/mol. The Labute approximate surface area is 213 Å². The lowest BCUT2D eigenvalue weighted by Gasteiger charge is -2.43. The second-order valence-corrected chi connectivity index (χ2v) is 10.6. The van der Waals surface area contributed by atoms with Gasteiger partial charge in [-0.1, -0.05) is 60.7 Å². The second kappa shape index (κ2) is 10.1. The van der Waals surface area contributed by atoms with Gasteiger partial charge in [-0.3, -0.25) is 14.5 Å². The third-order valence-electron chi connectivity index (χ3n) is 8.43. The molecule has 0 aromatic heterocycles. The van der Waals surface area contributed by atoms with E-state index in [4.69, 9.17) is 0 Å². The number of hydrogen-bond donors (Lipinski definition) is 0. The van der Waals surface area contributed by atoms with Crippen LogP contribution >= 0.6 is 0 Å². The lowest BCUT2D eigenvalue weighted by Crippen LogP contribution is -2.52. The molecule has 3 aliphatic heterocycles. The topological polar surface area (TPSA) is 43.9 Å². The zero-order chi connectivity index (χ0) is 24.5. The lowest BCUT2D eigenvalue weighted by molar-refractivity contribution is -0.137. The minimum absolute atomic E-state index is 0.118. The van der Waals surface area contributed by atoms with Gasteiger partial charge < -0.3 is 9.80 Å². The summed E-state index contributed by atoms with van der Waals surface area (Å²) >= 11 is 0. The van der Waals surface area contributed by atoms with Crippen LogP contribution in [0.4, 0.5) is 0 Å². The zero-order valence-electron chi connectivity index (χ0n) is 20.9. The summed E-state index contributed by atoms with van der Waals surface area (Å²) in [5.41, 5.74) is 0.835. The van der Waals surface area contributed by atoms with Crippen LogP contribution < -0.4 is 0 Å². The molecular weight excluding hydrogens is 446 g/mol. The van der Waals surface area contributed by atoms with E-state index < -0.39 is 0 Å². The predicted octanol–water partition coefficient (Wildman–Crippen LogP) is 5.10. The summed E-state index contributed by atoms with van der Waals surface area (Å²) in [5, 5.41) is 4.30. The predicted molar refractivity (Wildman–Crippen MR) is 145 cm³/mol. The SMILES string of the molecule is O=C(c1c2ccccc2cc2ccccc12)N1CCC(N2CCCC(C(=O)N3CC=CCC3)C2)CC1. The highest BCUT2D eigenvalue weighted by atomic mass is 16.2. The smallest absolute Gasteiger partial charge is 0.255 e. The molecule has 0 aliphatic carbocycles. The number of carbonyl (C=O) groups excluding carboxylic acids is 2. The molecule has 2 saturated heterocycles. The summed E-state index contributed by atoms with van der Waals surface area (Å²) in [6.07, 6.45) is 9.30. The first-order valence-corrected chi connectivity index (χ1v) is 13.6. The highest BCUT2D eigenvalue weighted by Crippen LogP contribution is 2.31. The van der Waals surface area contributed by atoms with Crippen molar-refractivity contribution in [3.8, 4) is 0 Å². The molecule has 2 fully saturated rings. The van der Waals surface area contributed by atoms with Gasteiger partial charge in [-0.05, 0) is 66.3 Å². The van der Waals surface area contributed by atoms with Crippen LogP contribution in [0.2, 0.25) is 0 Å². The van der Waals surface area contributed by atoms with Crippen molar-refractivity contribution in [3.63, 3.8) is 0 Å². The van der Waals surface area contributed by atoms with Crippen molar-refractivity contribution in [1.29, 1.82) is 0 Å². The summed E-state index contributed by atoms with van der Waals surface area (Å²) in [6.45, 7) is 5.09. The van der Waals surface area contributed by atoms with E-state index in [2.05, 4.69) is 52.3 Å². The molecule has 0 N–H and O–H groups in total. The van der Waals surface area contributed by atoms with Gasteiger partial charge in [0.15, 0.2) is 0 Å². The Kier molecular flexibility index (Phi) is 6.49. The van der Waals surface area contributed by atoms with Crippen LogP contribution in [0.25, 0.3) is 21.5 Å². The first kappa shape index (κ1) is 23.2. The fourth-order valence-corrected chi connectivity index (χ4v) is 6.48. The van der Waals surface area contributed by atoms with Crippen molar-refractivity contribution in [2.45, 2.75) is 38.1 Å². The third kappa shape index (κ3) is 4.41. The molecule has 0 bridgehead atoms. The Hall–Kier alpha value is -3.18. The first-order chi connectivity index (χ1) is 17.7. The number of fused-ring (bicyclic) bond motifs is 2. The van der Waals surface area contributed by atoms with Crippen LogP contribution in [0.1, 0.15) is 42.5 Å². The van der Waals surface area contributed by atoms with Crippen LogP contribution in [0, 0.1) is 5.92 Å². The van der Waals surface area contributed by atoms with E-state index in [1.165, 1.54) is 0 Å². The molecular formula is C31H35N3O2. The van der Waals surface area contributed by atoms with Crippen molar-refractivity contribution >= 4 is 33.4 Å². The van der Waals surface area contributed by atoms with Gasteiger partial charge in [0.1, 0.15) is 0 Å². The van der Waals surface area contributed by atoms with E-state index in [-0.39, 0.29) is 11.8 Å². The number of amides is 2. The van der Waals surface area contributed by atoms with Gasteiger partial charge in [-0.15, -0.1) is 0 Å². The van der Waals surface area contributed by atoms with E-state index >= 15 is 0 Å². The van der Waals surface area contributed by atoms with Gasteiger partial charge in [0, 0.05) is 38.8 Å². The summed E-state index contributed by atoms with van der Waals surface area (Å²) in [4.78, 5) is 33.6. The standard InChI is InChI=1S/C31H35N3O2/c35-30(32-16-6-1-7-17-32)25-11-8-18-34(22-25)26-14-19-33(20-15-26)31(36)29-27-12-4-2-9-23(27)21-24-10-3-5-13-28(24)29/h1-6,9-10,12-13,21,25-26H,7-8,11,14-20,22H2. The maximum atomic E-state index is 13.9. The van der Waals surface area contributed by atoms with Crippen molar-refractivity contribution in [1.82, 2.24) is 14.7 Å². The van der Waals surface area contributed by atoms with Gasteiger partial charge in [0.25, 0.3) is 5.91 Å². The number of rotatable bonds is 3. The lowest BCUT2D eigenvalue weighted by atomic mass is 9.92. The number of piperidine rings is 2. The van der Waals surface area contributed by atoms with Gasteiger partial charge in [-0.2, -0.15) is 0 Å². The largest absolute Gasteiger partial charge is 0.338 e. The maximum Gasteiger partial charge on any atom is 0.255 e. The van der Waals surface area contributed by atoms with Gasteiger partial charge in [-0.25, -0.2) is 0 Å². The van der Waals surface area contributed by atoms with Crippen molar-refractivity contribution < 1.29 is 9.59 Å². The molecule has 0 saturated carbocycles. The minimum Gasteiger partial charge on any atom is -0.338 e. The Bertz CT molecular complexity index is 1250. The molecule has 0 radical (unpaired) electrons. The second-order valence-electron chi connectivity index (χ2n) is 10.6. The van der Waals surface area contributed by atoms with E-state index in [9.17, 15) is 9.59 Å². The molecule has 3 aromatic rings. The number of nitrogens with zero attached hydrogens (tertiary/aromatic N) is 3. The van der Waals surface area contributed by atoms with E-state index in [0.717, 1.165) is 98.5 Å². The maximum absolute atomic E-state index is 13.9. The number of hydrogen-bond acceptors (Lipinski definition) is 3. The van der Waals surface area contributed by atoms with E-state index in [0.29, 0.717) is 11.9 Å². The van der Waals surface area contributed by atoms with Crippen LogP contribution in [-0.2, 0) is 4.79 Å². The fraction of sp³-hybridized carbons (Fsp3) is 0.419. The average molecular weight is 482 g/mol. The van der Waals surface area contributed by atoms with Crippen molar-refractivity contribution in [3.05, 3.63) is 72.3 Å². The molecule has 3 aromatic carbocycles. The quantitative estimate of drug-likeness (QED) is 0.386. The normalized spacial score (nSPS) is 21.8. The summed E-state index contributed by atoms with van der Waals surface area (Å²) in [7, 11) is 0. The van der Waals surface area contributed by atoms with Gasteiger partial charge in [0.2, 0.25) is 5.91 Å². The average Bonchev–Trinajstić information content (AvgIpc) is 2.96. The number of likely N-dealkylation sites (tertiary alicyclic amines) is 2. The Morgan fingerprint density at radius 1 is 0.750 bits per heavy atom. The zero-order valence-corrected chi connectivity index (χ0v) is 20.9. The van der Waals surface area contributed by atoms with Crippen LogP contribution in [0.3, 0.4) is 0 Å². The molecule has 1 atom stereocenters. The Morgan fingerprint density at radius 3 is 2.11 bits per heavy atom. The summed E-state index contributed by atoms with van der Waals surface area (Å²) in [6, 6.07) is 19.1. The highest BCUT2D eigenvalue weighted by Gasteiger charge is 2.34. The van der Waals surface area contributed by atoms with Crippen molar-refractivity contribution in [2.75, 3.05) is 39.3 Å². The molecule has 2 amide bonds. The van der Waals surface area contributed by atoms with E-state index in [1.807, 2.05) is 29.2 Å².